The first-order valence-electron chi connectivity index (χ1n) is 8.51. The lowest BCUT2D eigenvalue weighted by Crippen LogP contribution is -2.49. The molecule has 7 heteroatoms. The molecule has 3 heterocycles. The highest BCUT2D eigenvalue weighted by atomic mass is 35.5. The smallest absolute Gasteiger partial charge is 0.222 e. The van der Waals surface area contributed by atoms with Crippen molar-refractivity contribution in [3.8, 4) is 0 Å². The predicted molar refractivity (Wildman–Crippen MR) is 107 cm³/mol. The Kier molecular flexibility index (Phi) is 9.42. The number of hydrogen-bond donors (Lipinski definition) is 1. The third-order valence-electron chi connectivity index (χ3n) is 5.14. The number of rotatable bonds is 4. The quantitative estimate of drug-likeness (QED) is 0.852. The third kappa shape index (κ3) is 5.51. The van der Waals surface area contributed by atoms with Gasteiger partial charge in [0.25, 0.3) is 0 Å². The van der Waals surface area contributed by atoms with Crippen molar-refractivity contribution >= 4 is 47.1 Å². The van der Waals surface area contributed by atoms with Crippen LogP contribution in [0.3, 0.4) is 0 Å². The van der Waals surface area contributed by atoms with Gasteiger partial charge in [0.1, 0.15) is 0 Å². The van der Waals surface area contributed by atoms with Gasteiger partial charge in [0.15, 0.2) is 0 Å². The molecule has 1 aromatic rings. The Balaban J connectivity index is 0.00000144. The van der Waals surface area contributed by atoms with E-state index in [0.717, 1.165) is 51.6 Å². The van der Waals surface area contributed by atoms with E-state index in [0.29, 0.717) is 11.8 Å². The Morgan fingerprint density at radius 1 is 1.25 bits per heavy atom. The molecule has 3 rings (SSSR count). The monoisotopic (exact) mass is 393 g/mol. The summed E-state index contributed by atoms with van der Waals surface area (Å²) in [6.45, 7) is 8.16. The molecule has 2 saturated heterocycles. The minimum Gasteiger partial charge on any atom is -0.360 e. The summed E-state index contributed by atoms with van der Waals surface area (Å²) in [5.41, 5.74) is 0. The molecule has 2 aliphatic rings. The van der Waals surface area contributed by atoms with E-state index in [-0.39, 0.29) is 24.8 Å². The number of hydrogen-bond acceptors (Lipinski definition) is 4. The van der Waals surface area contributed by atoms with Gasteiger partial charge < -0.3 is 15.1 Å². The molecule has 1 aromatic heterocycles. The number of piperazine rings is 1. The number of carbonyl (C=O) groups excluding carboxylic acids is 1. The first kappa shape index (κ1) is 21.6. The van der Waals surface area contributed by atoms with Gasteiger partial charge in [-0.25, -0.2) is 0 Å². The van der Waals surface area contributed by atoms with Crippen LogP contribution in [0.25, 0.3) is 0 Å². The highest BCUT2D eigenvalue weighted by molar-refractivity contribution is 7.14. The van der Waals surface area contributed by atoms with Crippen molar-refractivity contribution in [2.24, 2.45) is 11.8 Å². The number of nitrogens with one attached hydrogen (secondary N) is 1. The number of amides is 1. The summed E-state index contributed by atoms with van der Waals surface area (Å²) in [7, 11) is 0. The van der Waals surface area contributed by atoms with Crippen molar-refractivity contribution in [1.29, 1.82) is 0 Å². The summed E-state index contributed by atoms with van der Waals surface area (Å²) in [6.07, 6.45) is 3.17. The van der Waals surface area contributed by atoms with E-state index < -0.39 is 0 Å². The first-order chi connectivity index (χ1) is 10.7. The van der Waals surface area contributed by atoms with Crippen molar-refractivity contribution in [3.05, 3.63) is 17.5 Å². The van der Waals surface area contributed by atoms with Gasteiger partial charge in [-0.15, -0.1) is 36.2 Å². The Morgan fingerprint density at radius 3 is 2.50 bits per heavy atom. The van der Waals surface area contributed by atoms with Crippen LogP contribution in [0, 0.1) is 11.8 Å². The highest BCUT2D eigenvalue weighted by Gasteiger charge is 2.26. The van der Waals surface area contributed by atoms with E-state index >= 15 is 0 Å². The second-order valence-corrected chi connectivity index (χ2v) is 7.51. The van der Waals surface area contributed by atoms with Crippen LogP contribution in [0.4, 0.5) is 5.00 Å². The minimum atomic E-state index is 0. The van der Waals surface area contributed by atoms with E-state index in [1.807, 2.05) is 0 Å². The van der Waals surface area contributed by atoms with Gasteiger partial charge >= 0.3 is 0 Å². The molecule has 2 aliphatic heterocycles. The fraction of sp³-hybridized carbons (Fsp3) is 0.706. The molecule has 1 amide bonds. The minimum absolute atomic E-state index is 0. The van der Waals surface area contributed by atoms with Crippen molar-refractivity contribution < 1.29 is 4.79 Å². The molecule has 1 atom stereocenters. The fourth-order valence-corrected chi connectivity index (χ4v) is 4.40. The van der Waals surface area contributed by atoms with Crippen LogP contribution >= 0.6 is 36.2 Å². The maximum absolute atomic E-state index is 12.5. The molecule has 0 saturated carbocycles. The summed E-state index contributed by atoms with van der Waals surface area (Å²) in [6, 6.07) is 4.26. The van der Waals surface area contributed by atoms with E-state index in [1.54, 1.807) is 11.3 Å². The summed E-state index contributed by atoms with van der Waals surface area (Å²) in [5.74, 6) is 1.60. The standard InChI is InChI=1S/C17H27N3OS.2ClH/c1-14(15-4-6-18-7-5-15)13-16(21)19-8-10-20(11-9-19)17-3-2-12-22-17;;/h2-3,12,14-15,18H,4-11,13H2,1H3;2*1H. The largest absolute Gasteiger partial charge is 0.360 e. The van der Waals surface area contributed by atoms with Crippen LogP contribution in [-0.4, -0.2) is 50.1 Å². The summed E-state index contributed by atoms with van der Waals surface area (Å²) >= 11 is 1.79. The lowest BCUT2D eigenvalue weighted by molar-refractivity contribution is -0.132. The lowest BCUT2D eigenvalue weighted by Gasteiger charge is -2.36. The molecule has 0 bridgehead atoms. The Hall–Kier alpha value is -0.490. The molecule has 138 valence electrons. The Morgan fingerprint density at radius 2 is 1.92 bits per heavy atom. The van der Waals surface area contributed by atoms with Crippen LogP contribution in [0.1, 0.15) is 26.2 Å². The normalized spacial score (nSPS) is 20.0. The van der Waals surface area contributed by atoms with Crippen LogP contribution in [0.2, 0.25) is 0 Å². The summed E-state index contributed by atoms with van der Waals surface area (Å²) in [5, 5.41) is 6.85. The van der Waals surface area contributed by atoms with Crippen molar-refractivity contribution in [2.45, 2.75) is 26.2 Å². The lowest BCUT2D eigenvalue weighted by atomic mass is 9.84. The summed E-state index contributed by atoms with van der Waals surface area (Å²) < 4.78 is 0. The van der Waals surface area contributed by atoms with E-state index in [4.69, 9.17) is 0 Å². The number of anilines is 1. The van der Waals surface area contributed by atoms with Gasteiger partial charge in [0.2, 0.25) is 5.91 Å². The molecule has 4 nitrogen and oxygen atoms in total. The van der Waals surface area contributed by atoms with Crippen molar-refractivity contribution in [1.82, 2.24) is 10.2 Å². The van der Waals surface area contributed by atoms with Crippen LogP contribution in [0.15, 0.2) is 17.5 Å². The molecule has 1 unspecified atom stereocenters. The predicted octanol–water partition coefficient (Wildman–Crippen LogP) is 3.27. The van der Waals surface area contributed by atoms with Crippen LogP contribution in [0.5, 0.6) is 0 Å². The molecule has 1 N–H and O–H groups in total. The molecule has 0 spiro atoms. The SMILES string of the molecule is CC(CC(=O)N1CCN(c2cccs2)CC1)C1CCNCC1.Cl.Cl. The zero-order valence-corrected chi connectivity index (χ0v) is 16.7. The van der Waals surface area contributed by atoms with Crippen LogP contribution < -0.4 is 10.2 Å². The van der Waals surface area contributed by atoms with Gasteiger partial charge in [-0.05, 0) is 55.3 Å². The Bertz CT molecular complexity index is 472. The third-order valence-corrected chi connectivity index (χ3v) is 6.06. The fourth-order valence-electron chi connectivity index (χ4n) is 3.61. The molecule has 0 aromatic carbocycles. The number of carbonyl (C=O) groups is 1. The van der Waals surface area contributed by atoms with Gasteiger partial charge in [0.05, 0.1) is 5.00 Å². The van der Waals surface area contributed by atoms with E-state index in [9.17, 15) is 4.79 Å². The molecule has 2 fully saturated rings. The van der Waals surface area contributed by atoms with Crippen molar-refractivity contribution in [2.75, 3.05) is 44.2 Å². The number of thiophene rings is 1. The van der Waals surface area contributed by atoms with Gasteiger partial charge in [-0.3, -0.25) is 4.79 Å². The average Bonchev–Trinajstić information content (AvgIpc) is 3.10. The highest BCUT2D eigenvalue weighted by Crippen LogP contribution is 2.26. The van der Waals surface area contributed by atoms with Gasteiger partial charge in [-0.1, -0.05) is 6.92 Å². The number of halogens is 2. The Labute approximate surface area is 161 Å². The zero-order valence-electron chi connectivity index (χ0n) is 14.3. The maximum Gasteiger partial charge on any atom is 0.222 e. The molecule has 0 radical (unpaired) electrons. The molecular formula is C17H29Cl2N3OS. The topological polar surface area (TPSA) is 35.6 Å². The zero-order chi connectivity index (χ0) is 15.4. The van der Waals surface area contributed by atoms with Crippen molar-refractivity contribution in [3.63, 3.8) is 0 Å². The van der Waals surface area contributed by atoms with Gasteiger partial charge in [0, 0.05) is 32.6 Å². The maximum atomic E-state index is 12.5. The van der Waals surface area contributed by atoms with E-state index in [1.165, 1.54) is 17.8 Å². The second kappa shape index (κ2) is 10.5. The average molecular weight is 394 g/mol. The molecule has 24 heavy (non-hydrogen) atoms. The molecule has 0 aliphatic carbocycles. The first-order valence-corrected chi connectivity index (χ1v) is 9.39. The van der Waals surface area contributed by atoms with E-state index in [2.05, 4.69) is 39.6 Å². The molecular weight excluding hydrogens is 365 g/mol. The second-order valence-electron chi connectivity index (χ2n) is 6.59. The van der Waals surface area contributed by atoms with Crippen LogP contribution in [-0.2, 0) is 4.79 Å². The number of nitrogens with zero attached hydrogens (tertiary/aromatic N) is 2. The summed E-state index contributed by atoms with van der Waals surface area (Å²) in [4.78, 5) is 17.0. The number of piperidine rings is 1. The van der Waals surface area contributed by atoms with Gasteiger partial charge in [-0.2, -0.15) is 0 Å².